The van der Waals surface area contributed by atoms with Crippen LogP contribution < -0.4 is 11.3 Å². The number of hydrogen-bond donors (Lipinski definition) is 2. The summed E-state index contributed by atoms with van der Waals surface area (Å²) in [7, 11) is 1.63. The van der Waals surface area contributed by atoms with Crippen molar-refractivity contribution in [3.8, 4) is 0 Å². The first-order chi connectivity index (χ1) is 6.85. The highest BCUT2D eigenvalue weighted by atomic mass is 16.5. The molecule has 0 bridgehead atoms. The van der Waals surface area contributed by atoms with Crippen LogP contribution in [0.1, 0.15) is 23.5 Å². The van der Waals surface area contributed by atoms with Crippen molar-refractivity contribution in [1.82, 2.24) is 9.97 Å². The Morgan fingerprint density at radius 1 is 1.43 bits per heavy atom. The van der Waals surface area contributed by atoms with E-state index in [1.807, 2.05) is 0 Å². The Kier molecular flexibility index (Phi) is 2.60. The molecule has 1 heterocycles. The Labute approximate surface area is 82.7 Å². The quantitative estimate of drug-likeness (QED) is 0.538. The van der Waals surface area contributed by atoms with Gasteiger partial charge in [-0.25, -0.2) is 15.8 Å². The number of ether oxygens (including phenoxy) is 1. The summed E-state index contributed by atoms with van der Waals surface area (Å²) < 4.78 is 4.99. The number of nitrogens with zero attached hydrogens (tertiary/aromatic N) is 2. The SMILES string of the molecule is COCc1nc2c(c(NN)n1)CCC2. The van der Waals surface area contributed by atoms with Crippen LogP contribution in [0.5, 0.6) is 0 Å². The van der Waals surface area contributed by atoms with E-state index < -0.39 is 0 Å². The second-order valence-corrected chi connectivity index (χ2v) is 3.34. The fourth-order valence-electron chi connectivity index (χ4n) is 1.80. The summed E-state index contributed by atoms with van der Waals surface area (Å²) in [5.41, 5.74) is 4.89. The molecule has 0 saturated carbocycles. The highest BCUT2D eigenvalue weighted by Crippen LogP contribution is 2.25. The van der Waals surface area contributed by atoms with Gasteiger partial charge in [0.25, 0.3) is 0 Å². The number of fused-ring (bicyclic) bond motifs is 1. The minimum absolute atomic E-state index is 0.432. The van der Waals surface area contributed by atoms with Crippen LogP contribution >= 0.6 is 0 Å². The van der Waals surface area contributed by atoms with E-state index in [4.69, 9.17) is 10.6 Å². The van der Waals surface area contributed by atoms with E-state index in [2.05, 4.69) is 15.4 Å². The van der Waals surface area contributed by atoms with Gasteiger partial charge in [0.15, 0.2) is 5.82 Å². The van der Waals surface area contributed by atoms with Crippen LogP contribution in [0, 0.1) is 0 Å². The lowest BCUT2D eigenvalue weighted by Crippen LogP contribution is -2.14. The van der Waals surface area contributed by atoms with Gasteiger partial charge in [-0.15, -0.1) is 0 Å². The molecule has 1 aliphatic carbocycles. The summed E-state index contributed by atoms with van der Waals surface area (Å²) in [5.74, 6) is 6.85. The van der Waals surface area contributed by atoms with Gasteiger partial charge < -0.3 is 10.2 Å². The summed E-state index contributed by atoms with van der Waals surface area (Å²) in [6.45, 7) is 0.432. The average molecular weight is 194 g/mol. The van der Waals surface area contributed by atoms with Crippen molar-refractivity contribution >= 4 is 5.82 Å². The van der Waals surface area contributed by atoms with E-state index in [9.17, 15) is 0 Å². The van der Waals surface area contributed by atoms with Crippen molar-refractivity contribution in [1.29, 1.82) is 0 Å². The molecule has 0 saturated heterocycles. The number of nitrogens with two attached hydrogens (primary N) is 1. The van der Waals surface area contributed by atoms with Crippen molar-refractivity contribution in [2.24, 2.45) is 5.84 Å². The van der Waals surface area contributed by atoms with Gasteiger partial charge in [-0.3, -0.25) is 0 Å². The Hall–Kier alpha value is -1.20. The molecular weight excluding hydrogens is 180 g/mol. The number of rotatable bonds is 3. The van der Waals surface area contributed by atoms with Crippen LogP contribution in [-0.2, 0) is 24.2 Å². The smallest absolute Gasteiger partial charge is 0.156 e. The first-order valence-electron chi connectivity index (χ1n) is 4.69. The Bertz CT molecular complexity index is 340. The zero-order valence-corrected chi connectivity index (χ0v) is 8.21. The predicted octanol–water partition coefficient (Wildman–Crippen LogP) is 0.397. The first kappa shape index (κ1) is 9.36. The molecule has 0 amide bonds. The maximum absolute atomic E-state index is 5.41. The summed E-state index contributed by atoms with van der Waals surface area (Å²) in [5, 5.41) is 0. The third-order valence-corrected chi connectivity index (χ3v) is 2.39. The van der Waals surface area contributed by atoms with Crippen molar-refractivity contribution in [2.75, 3.05) is 12.5 Å². The fraction of sp³-hybridized carbons (Fsp3) is 0.556. The van der Waals surface area contributed by atoms with Crippen molar-refractivity contribution < 1.29 is 4.74 Å². The third-order valence-electron chi connectivity index (χ3n) is 2.39. The van der Waals surface area contributed by atoms with Crippen LogP contribution in [0.25, 0.3) is 0 Å². The molecule has 1 aromatic rings. The van der Waals surface area contributed by atoms with Crippen molar-refractivity contribution in [2.45, 2.75) is 25.9 Å². The van der Waals surface area contributed by atoms with E-state index in [0.717, 1.165) is 36.3 Å². The molecule has 5 nitrogen and oxygen atoms in total. The Morgan fingerprint density at radius 2 is 2.29 bits per heavy atom. The highest BCUT2D eigenvalue weighted by molar-refractivity contribution is 5.47. The number of nitrogens with one attached hydrogen (secondary N) is 1. The maximum Gasteiger partial charge on any atom is 0.156 e. The molecule has 2 rings (SSSR count). The van der Waals surface area contributed by atoms with Gasteiger partial charge in [0.2, 0.25) is 0 Å². The fourth-order valence-corrected chi connectivity index (χ4v) is 1.80. The zero-order chi connectivity index (χ0) is 9.97. The number of aryl methyl sites for hydroxylation is 1. The van der Waals surface area contributed by atoms with Gasteiger partial charge in [0.1, 0.15) is 12.4 Å². The molecule has 0 fully saturated rings. The number of aromatic nitrogens is 2. The minimum Gasteiger partial charge on any atom is -0.377 e. The number of anilines is 1. The Morgan fingerprint density at radius 3 is 3.00 bits per heavy atom. The van der Waals surface area contributed by atoms with Gasteiger partial charge >= 0.3 is 0 Å². The van der Waals surface area contributed by atoms with E-state index >= 15 is 0 Å². The molecule has 0 radical (unpaired) electrons. The molecule has 5 heteroatoms. The summed E-state index contributed by atoms with van der Waals surface area (Å²) >= 11 is 0. The van der Waals surface area contributed by atoms with Crippen LogP contribution in [0.2, 0.25) is 0 Å². The molecular formula is C9H14N4O. The molecule has 3 N–H and O–H groups in total. The van der Waals surface area contributed by atoms with E-state index in [1.54, 1.807) is 7.11 Å². The van der Waals surface area contributed by atoms with Crippen LogP contribution in [0.3, 0.4) is 0 Å². The molecule has 0 spiro atoms. The molecule has 76 valence electrons. The number of hydrazine groups is 1. The monoisotopic (exact) mass is 194 g/mol. The van der Waals surface area contributed by atoms with Gasteiger partial charge in [-0.1, -0.05) is 0 Å². The lowest BCUT2D eigenvalue weighted by Gasteiger charge is -2.08. The lowest BCUT2D eigenvalue weighted by atomic mass is 10.2. The van der Waals surface area contributed by atoms with Crippen molar-refractivity contribution in [3.63, 3.8) is 0 Å². The zero-order valence-electron chi connectivity index (χ0n) is 8.21. The molecule has 0 atom stereocenters. The molecule has 0 aromatic carbocycles. The second kappa shape index (κ2) is 3.89. The molecule has 0 aliphatic heterocycles. The molecule has 1 aromatic heterocycles. The number of methoxy groups -OCH3 is 1. The average Bonchev–Trinajstić information content (AvgIpc) is 2.65. The largest absolute Gasteiger partial charge is 0.377 e. The molecule has 0 unspecified atom stereocenters. The standard InChI is InChI=1S/C9H14N4O/c1-14-5-8-11-7-4-2-3-6(7)9(12-8)13-10/h2-5,10H2,1H3,(H,11,12,13). The maximum atomic E-state index is 5.41. The topological polar surface area (TPSA) is 73.1 Å². The third kappa shape index (κ3) is 1.56. The van der Waals surface area contributed by atoms with E-state index in [0.29, 0.717) is 12.4 Å². The minimum atomic E-state index is 0.432. The van der Waals surface area contributed by atoms with Gasteiger partial charge in [-0.05, 0) is 19.3 Å². The predicted molar refractivity (Wildman–Crippen MR) is 52.6 cm³/mol. The first-order valence-corrected chi connectivity index (χ1v) is 4.69. The van der Waals surface area contributed by atoms with Gasteiger partial charge in [0.05, 0.1) is 0 Å². The molecule has 1 aliphatic rings. The number of nitrogen functional groups attached to an aromatic ring is 1. The lowest BCUT2D eigenvalue weighted by molar-refractivity contribution is 0.177. The number of hydrogen-bond acceptors (Lipinski definition) is 5. The van der Waals surface area contributed by atoms with Crippen molar-refractivity contribution in [3.05, 3.63) is 17.1 Å². The Balaban J connectivity index is 2.39. The van der Waals surface area contributed by atoms with Crippen LogP contribution in [0.4, 0.5) is 5.82 Å². The highest BCUT2D eigenvalue weighted by Gasteiger charge is 2.18. The van der Waals surface area contributed by atoms with Crippen LogP contribution in [-0.4, -0.2) is 17.1 Å². The van der Waals surface area contributed by atoms with Crippen LogP contribution in [0.15, 0.2) is 0 Å². The van der Waals surface area contributed by atoms with Gasteiger partial charge in [0, 0.05) is 18.4 Å². The summed E-state index contributed by atoms with van der Waals surface area (Å²) in [6.07, 6.45) is 3.17. The normalized spacial score (nSPS) is 14.1. The van der Waals surface area contributed by atoms with E-state index in [-0.39, 0.29) is 0 Å². The second-order valence-electron chi connectivity index (χ2n) is 3.34. The summed E-state index contributed by atoms with van der Waals surface area (Å²) in [4.78, 5) is 8.70. The van der Waals surface area contributed by atoms with E-state index in [1.165, 1.54) is 0 Å². The summed E-state index contributed by atoms with van der Waals surface area (Å²) in [6, 6.07) is 0. The molecule has 14 heavy (non-hydrogen) atoms. The van der Waals surface area contributed by atoms with Gasteiger partial charge in [-0.2, -0.15) is 0 Å².